The van der Waals surface area contributed by atoms with Gasteiger partial charge in [0.15, 0.2) is 6.61 Å². The average Bonchev–Trinajstić information content (AvgIpc) is 3.30. The minimum Gasteiger partial charge on any atom is -0.454 e. The van der Waals surface area contributed by atoms with Gasteiger partial charge in [-0.1, -0.05) is 47.8 Å². The van der Waals surface area contributed by atoms with Crippen LogP contribution in [-0.4, -0.2) is 51.4 Å². The lowest BCUT2D eigenvalue weighted by Gasteiger charge is -2.28. The molecule has 2 aliphatic carbocycles. The summed E-state index contributed by atoms with van der Waals surface area (Å²) in [5.74, 6) is -2.49. The number of hydrogen-bond donors (Lipinski definition) is 1. The highest BCUT2D eigenvalue weighted by Crippen LogP contribution is 2.60. The van der Waals surface area contributed by atoms with Crippen LogP contribution < -0.4 is 5.32 Å². The Hall–Kier alpha value is -1.26. The summed E-state index contributed by atoms with van der Waals surface area (Å²) in [5.41, 5.74) is 1.53. The molecule has 3 amide bonds. The number of fused-ring (bicyclic) bond motifs is 5. The van der Waals surface area contributed by atoms with Gasteiger partial charge in [0.05, 0.1) is 11.8 Å². The molecule has 2 saturated carbocycles. The second kappa shape index (κ2) is 8.35. The number of imide groups is 1. The molecule has 0 unspecified atom stereocenters. The molecule has 0 aromatic heterocycles. The molecule has 0 radical (unpaired) electrons. The van der Waals surface area contributed by atoms with Gasteiger partial charge in [-0.25, -0.2) is 0 Å². The Morgan fingerprint density at radius 1 is 1.13 bits per heavy atom. The highest BCUT2D eigenvalue weighted by molar-refractivity contribution is 9.12. The second-order valence-electron chi connectivity index (χ2n) is 7.94. The van der Waals surface area contributed by atoms with Crippen LogP contribution in [-0.2, 0) is 23.9 Å². The molecule has 6 atom stereocenters. The monoisotopic (exact) mass is 604 g/mol. The molecule has 1 saturated heterocycles. The van der Waals surface area contributed by atoms with Crippen LogP contribution in [0, 0.1) is 30.6 Å². The van der Waals surface area contributed by atoms with E-state index in [1.807, 2.05) is 6.92 Å². The fourth-order valence-electron chi connectivity index (χ4n) is 4.81. The van der Waals surface area contributed by atoms with Crippen LogP contribution in [0.15, 0.2) is 22.7 Å². The standard InChI is InChI=1S/C20H19Br3N2O5/c1-8-4-9(2-3-12(8)21)24-13(26)7-30-14(27)6-25-19(28)15-10-5-11(16(15)20(25)29)18(23)17(10)22/h2-4,10-11,15-18H,5-7H2,1H3,(H,24,26)/t10-,11-,15-,16-,17-,18+/m1/s1. The molecular formula is C20H19Br3N2O5. The van der Waals surface area contributed by atoms with Gasteiger partial charge >= 0.3 is 5.97 Å². The number of halogens is 3. The van der Waals surface area contributed by atoms with Crippen LogP contribution in [0.5, 0.6) is 0 Å². The molecule has 1 aromatic rings. The topological polar surface area (TPSA) is 92.8 Å². The van der Waals surface area contributed by atoms with Crippen LogP contribution >= 0.6 is 47.8 Å². The lowest BCUT2D eigenvalue weighted by molar-refractivity contribution is -0.154. The van der Waals surface area contributed by atoms with Crippen molar-refractivity contribution in [1.29, 1.82) is 0 Å². The Balaban J connectivity index is 1.31. The normalized spacial score (nSPS) is 31.8. The van der Waals surface area contributed by atoms with E-state index in [0.29, 0.717) is 5.69 Å². The molecule has 3 fully saturated rings. The summed E-state index contributed by atoms with van der Waals surface area (Å²) in [6.45, 7) is 0.935. The van der Waals surface area contributed by atoms with E-state index in [1.165, 1.54) is 0 Å². The SMILES string of the molecule is Cc1cc(NC(=O)COC(=O)CN2C(=O)[C@@H]3[C@H]4C[C@@H]([C@@H](Br)[C@H]4Br)[C@H]3C2=O)ccc1Br. The van der Waals surface area contributed by atoms with Crippen molar-refractivity contribution in [1.82, 2.24) is 4.90 Å². The average molecular weight is 607 g/mol. The van der Waals surface area contributed by atoms with Crippen LogP contribution in [0.3, 0.4) is 0 Å². The number of nitrogens with zero attached hydrogens (tertiary/aromatic N) is 1. The Morgan fingerprint density at radius 2 is 1.73 bits per heavy atom. The molecule has 7 nitrogen and oxygen atoms in total. The van der Waals surface area contributed by atoms with E-state index in [4.69, 9.17) is 4.74 Å². The van der Waals surface area contributed by atoms with Crippen molar-refractivity contribution in [3.05, 3.63) is 28.2 Å². The third kappa shape index (κ3) is 3.75. The zero-order valence-corrected chi connectivity index (χ0v) is 20.7. The Bertz CT molecular complexity index is 907. The third-order valence-electron chi connectivity index (χ3n) is 6.17. The van der Waals surface area contributed by atoms with Crippen molar-refractivity contribution < 1.29 is 23.9 Å². The van der Waals surface area contributed by atoms with E-state index < -0.39 is 25.0 Å². The fraction of sp³-hybridized carbons (Fsp3) is 0.500. The highest BCUT2D eigenvalue weighted by atomic mass is 79.9. The molecule has 30 heavy (non-hydrogen) atoms. The van der Waals surface area contributed by atoms with Gasteiger partial charge in [-0.05, 0) is 48.9 Å². The first-order valence-electron chi connectivity index (χ1n) is 9.54. The summed E-state index contributed by atoms with van der Waals surface area (Å²) in [5, 5.41) is 2.64. The first-order valence-corrected chi connectivity index (χ1v) is 12.2. The lowest BCUT2D eigenvalue weighted by atomic mass is 9.81. The number of nitrogens with one attached hydrogen (secondary N) is 1. The molecule has 10 heteroatoms. The van der Waals surface area contributed by atoms with Gasteiger partial charge in [-0.3, -0.25) is 24.1 Å². The van der Waals surface area contributed by atoms with Gasteiger partial charge in [0.2, 0.25) is 11.8 Å². The number of carbonyl (C=O) groups excluding carboxylic acids is 4. The molecule has 1 aliphatic heterocycles. The lowest BCUT2D eigenvalue weighted by Crippen LogP contribution is -2.38. The van der Waals surface area contributed by atoms with Crippen molar-refractivity contribution in [3.8, 4) is 0 Å². The van der Waals surface area contributed by atoms with Crippen molar-refractivity contribution in [2.24, 2.45) is 23.7 Å². The maximum absolute atomic E-state index is 12.8. The van der Waals surface area contributed by atoms with E-state index in [9.17, 15) is 19.2 Å². The molecule has 3 aliphatic rings. The molecule has 4 rings (SSSR count). The van der Waals surface area contributed by atoms with Crippen molar-refractivity contribution in [2.45, 2.75) is 23.0 Å². The van der Waals surface area contributed by atoms with Crippen LogP contribution in [0.1, 0.15) is 12.0 Å². The first kappa shape index (κ1) is 22.0. The number of likely N-dealkylation sites (tertiary alicyclic amines) is 1. The minimum atomic E-state index is -0.781. The number of anilines is 1. The predicted octanol–water partition coefficient (Wildman–Crippen LogP) is 3.02. The highest BCUT2D eigenvalue weighted by Gasteiger charge is 2.66. The van der Waals surface area contributed by atoms with E-state index in [2.05, 4.69) is 53.1 Å². The summed E-state index contributed by atoms with van der Waals surface area (Å²) in [7, 11) is 0. The molecule has 1 N–H and O–H groups in total. The maximum atomic E-state index is 12.8. The largest absolute Gasteiger partial charge is 0.454 e. The number of esters is 1. The summed E-state index contributed by atoms with van der Waals surface area (Å²) in [6.07, 6.45) is 0.826. The van der Waals surface area contributed by atoms with E-state index in [-0.39, 0.29) is 45.1 Å². The number of carbonyl (C=O) groups is 4. The molecular weight excluding hydrogens is 588 g/mol. The molecule has 0 spiro atoms. The second-order valence-corrected chi connectivity index (χ2v) is 10.9. The zero-order chi connectivity index (χ0) is 21.7. The zero-order valence-electron chi connectivity index (χ0n) is 15.9. The van der Waals surface area contributed by atoms with Crippen molar-refractivity contribution in [2.75, 3.05) is 18.5 Å². The predicted molar refractivity (Wildman–Crippen MR) is 119 cm³/mol. The third-order valence-corrected chi connectivity index (χ3v) is 10.3. The van der Waals surface area contributed by atoms with Gasteiger partial charge in [-0.2, -0.15) is 0 Å². The molecule has 1 heterocycles. The van der Waals surface area contributed by atoms with Crippen LogP contribution in [0.2, 0.25) is 0 Å². The van der Waals surface area contributed by atoms with Gasteiger partial charge < -0.3 is 10.1 Å². The number of alkyl halides is 2. The summed E-state index contributed by atoms with van der Waals surface area (Å²) in [4.78, 5) is 51.1. The number of aryl methyl sites for hydroxylation is 1. The number of benzene rings is 1. The summed E-state index contributed by atoms with van der Waals surface area (Å²) < 4.78 is 5.92. The van der Waals surface area contributed by atoms with Gasteiger partial charge in [0.25, 0.3) is 5.91 Å². The number of hydrogen-bond acceptors (Lipinski definition) is 5. The quantitative estimate of drug-likeness (QED) is 0.316. The van der Waals surface area contributed by atoms with Gasteiger partial charge in [-0.15, -0.1) is 0 Å². The molecule has 2 bridgehead atoms. The maximum Gasteiger partial charge on any atom is 0.326 e. The Morgan fingerprint density at radius 3 is 2.30 bits per heavy atom. The van der Waals surface area contributed by atoms with Gasteiger partial charge in [0.1, 0.15) is 6.54 Å². The van der Waals surface area contributed by atoms with E-state index in [0.717, 1.165) is 21.4 Å². The molecule has 160 valence electrons. The Labute approximate surface area is 198 Å². The number of ether oxygens (including phenoxy) is 1. The first-order chi connectivity index (χ1) is 14.2. The summed E-state index contributed by atoms with van der Waals surface area (Å²) >= 11 is 10.6. The number of rotatable bonds is 5. The minimum absolute atomic E-state index is 0.0852. The smallest absolute Gasteiger partial charge is 0.326 e. The van der Waals surface area contributed by atoms with Crippen molar-refractivity contribution in [3.63, 3.8) is 0 Å². The van der Waals surface area contributed by atoms with E-state index in [1.54, 1.807) is 18.2 Å². The fourth-order valence-corrected chi connectivity index (χ4v) is 6.93. The van der Waals surface area contributed by atoms with Gasteiger partial charge in [0, 0.05) is 19.8 Å². The van der Waals surface area contributed by atoms with E-state index >= 15 is 0 Å². The Kier molecular flexibility index (Phi) is 6.11. The van der Waals surface area contributed by atoms with Crippen LogP contribution in [0.25, 0.3) is 0 Å². The van der Waals surface area contributed by atoms with Crippen LogP contribution in [0.4, 0.5) is 5.69 Å². The summed E-state index contributed by atoms with van der Waals surface area (Å²) in [6, 6.07) is 5.31. The number of amides is 3. The van der Waals surface area contributed by atoms with Crippen molar-refractivity contribution >= 4 is 77.2 Å². The molecule has 1 aromatic carbocycles.